The second kappa shape index (κ2) is 10.4. The number of fused-ring (bicyclic) bond motifs is 1. The molecule has 4 rings (SSSR count). The monoisotopic (exact) mass is 489 g/mol. The maximum absolute atomic E-state index is 13.0. The number of benzene rings is 2. The van der Waals surface area contributed by atoms with E-state index < -0.39 is 23.8 Å². The van der Waals surface area contributed by atoms with Crippen LogP contribution in [0.3, 0.4) is 0 Å². The largest absolute Gasteiger partial charge is 0.508 e. The number of phenolic OH excluding ortho intramolecular Hbond substituents is 1. The zero-order valence-electron chi connectivity index (χ0n) is 20.6. The van der Waals surface area contributed by atoms with Crippen LogP contribution in [0.1, 0.15) is 42.3 Å². The summed E-state index contributed by atoms with van der Waals surface area (Å²) < 4.78 is 5.57. The number of carbonyl (C=O) groups is 2. The molecule has 8 heteroatoms. The summed E-state index contributed by atoms with van der Waals surface area (Å²) in [5.41, 5.74) is 3.02. The van der Waals surface area contributed by atoms with Gasteiger partial charge >= 0.3 is 6.09 Å². The molecule has 36 heavy (non-hydrogen) atoms. The van der Waals surface area contributed by atoms with Gasteiger partial charge in [0.2, 0.25) is 0 Å². The van der Waals surface area contributed by atoms with Crippen LogP contribution in [-0.2, 0) is 17.7 Å². The number of aliphatic hydroxyl groups is 1. The minimum atomic E-state index is -1.04. The van der Waals surface area contributed by atoms with E-state index in [1.165, 1.54) is 4.90 Å². The molecule has 2 atom stereocenters. The van der Waals surface area contributed by atoms with E-state index >= 15 is 0 Å². The highest BCUT2D eigenvalue weighted by atomic mass is 16.6. The molecular weight excluding hydrogens is 458 g/mol. The molecule has 2 heterocycles. The van der Waals surface area contributed by atoms with Gasteiger partial charge in [-0.05, 0) is 74.7 Å². The Bertz CT molecular complexity index is 1240. The fourth-order valence-corrected chi connectivity index (χ4v) is 4.25. The average molecular weight is 490 g/mol. The SMILES string of the molecule is CC(C)(C)OC(=O)N1Cc2cc(O)ccc2CC1[C@H](O)CNC(=O)c1cccc(-c2ccccn2)c1. The summed E-state index contributed by atoms with van der Waals surface area (Å²) in [5, 5.41) is 23.7. The Balaban J connectivity index is 1.48. The Hall–Kier alpha value is -3.91. The van der Waals surface area contributed by atoms with Crippen molar-refractivity contribution < 1.29 is 24.5 Å². The van der Waals surface area contributed by atoms with Gasteiger partial charge in [0.1, 0.15) is 11.4 Å². The molecule has 2 amide bonds. The molecule has 1 aliphatic rings. The maximum Gasteiger partial charge on any atom is 0.410 e. The number of carbonyl (C=O) groups excluding carboxylic acids is 2. The summed E-state index contributed by atoms with van der Waals surface area (Å²) >= 11 is 0. The van der Waals surface area contributed by atoms with Gasteiger partial charge < -0.3 is 20.3 Å². The highest BCUT2D eigenvalue weighted by Crippen LogP contribution is 2.29. The highest BCUT2D eigenvalue weighted by molar-refractivity contribution is 5.95. The normalized spacial score (nSPS) is 16.1. The molecule has 0 aliphatic carbocycles. The van der Waals surface area contributed by atoms with E-state index in [0.29, 0.717) is 12.0 Å². The molecule has 0 radical (unpaired) electrons. The van der Waals surface area contributed by atoms with Crippen LogP contribution in [0.15, 0.2) is 66.9 Å². The van der Waals surface area contributed by atoms with E-state index in [9.17, 15) is 19.8 Å². The first-order chi connectivity index (χ1) is 17.1. The lowest BCUT2D eigenvalue weighted by atomic mass is 9.91. The number of hydrogen-bond acceptors (Lipinski definition) is 6. The quantitative estimate of drug-likeness (QED) is 0.501. The van der Waals surface area contributed by atoms with Gasteiger partial charge in [-0.15, -0.1) is 0 Å². The second-order valence-corrected chi connectivity index (χ2v) is 9.91. The Morgan fingerprint density at radius 1 is 1.11 bits per heavy atom. The molecule has 1 aromatic heterocycles. The van der Waals surface area contributed by atoms with Crippen molar-refractivity contribution in [2.45, 2.75) is 51.5 Å². The van der Waals surface area contributed by atoms with Gasteiger partial charge in [0, 0.05) is 30.4 Å². The van der Waals surface area contributed by atoms with Crippen LogP contribution < -0.4 is 5.32 Å². The summed E-state index contributed by atoms with van der Waals surface area (Å²) in [6.07, 6.45) is 0.455. The summed E-state index contributed by atoms with van der Waals surface area (Å²) in [4.78, 5) is 31.7. The summed E-state index contributed by atoms with van der Waals surface area (Å²) in [7, 11) is 0. The van der Waals surface area contributed by atoms with Crippen molar-refractivity contribution in [2.75, 3.05) is 6.54 Å². The Morgan fingerprint density at radius 3 is 2.64 bits per heavy atom. The fourth-order valence-electron chi connectivity index (χ4n) is 4.25. The molecule has 8 nitrogen and oxygen atoms in total. The van der Waals surface area contributed by atoms with Crippen molar-refractivity contribution in [1.29, 1.82) is 0 Å². The van der Waals surface area contributed by atoms with E-state index in [4.69, 9.17) is 4.74 Å². The van der Waals surface area contributed by atoms with Crippen molar-refractivity contribution in [1.82, 2.24) is 15.2 Å². The third-order valence-corrected chi connectivity index (χ3v) is 5.99. The van der Waals surface area contributed by atoms with Crippen LogP contribution in [0.2, 0.25) is 0 Å². The van der Waals surface area contributed by atoms with E-state index in [-0.39, 0.29) is 24.7 Å². The molecule has 0 saturated heterocycles. The third-order valence-electron chi connectivity index (χ3n) is 5.99. The second-order valence-electron chi connectivity index (χ2n) is 9.91. The topological polar surface area (TPSA) is 112 Å². The molecular formula is C28H31N3O5. The van der Waals surface area contributed by atoms with Crippen LogP contribution in [-0.4, -0.2) is 56.4 Å². The predicted molar refractivity (Wildman–Crippen MR) is 135 cm³/mol. The van der Waals surface area contributed by atoms with E-state index in [2.05, 4.69) is 10.3 Å². The molecule has 3 N–H and O–H groups in total. The van der Waals surface area contributed by atoms with Crippen molar-refractivity contribution in [3.8, 4) is 17.0 Å². The molecule has 3 aromatic rings. The van der Waals surface area contributed by atoms with Crippen LogP contribution in [0.25, 0.3) is 11.3 Å². The molecule has 0 fully saturated rings. The average Bonchev–Trinajstić information content (AvgIpc) is 2.85. The van der Waals surface area contributed by atoms with Gasteiger partial charge in [-0.25, -0.2) is 4.79 Å². The van der Waals surface area contributed by atoms with Gasteiger partial charge in [0.05, 0.1) is 17.8 Å². The van der Waals surface area contributed by atoms with Crippen molar-refractivity contribution in [3.05, 3.63) is 83.6 Å². The van der Waals surface area contributed by atoms with E-state index in [1.54, 1.807) is 63.4 Å². The number of hydrogen-bond donors (Lipinski definition) is 3. The Morgan fingerprint density at radius 2 is 1.92 bits per heavy atom. The number of ether oxygens (including phenoxy) is 1. The fraction of sp³-hybridized carbons (Fsp3) is 0.321. The summed E-state index contributed by atoms with van der Waals surface area (Å²) in [6, 6.07) is 17.1. The van der Waals surface area contributed by atoms with Gasteiger partial charge in [0.25, 0.3) is 5.91 Å². The highest BCUT2D eigenvalue weighted by Gasteiger charge is 2.37. The van der Waals surface area contributed by atoms with Crippen LogP contribution in [0, 0.1) is 0 Å². The molecule has 0 saturated carbocycles. The van der Waals surface area contributed by atoms with Crippen molar-refractivity contribution in [2.24, 2.45) is 0 Å². The van der Waals surface area contributed by atoms with Crippen molar-refractivity contribution >= 4 is 12.0 Å². The van der Waals surface area contributed by atoms with Crippen LogP contribution in [0.4, 0.5) is 4.79 Å². The van der Waals surface area contributed by atoms with Gasteiger partial charge in [-0.2, -0.15) is 0 Å². The smallest absolute Gasteiger partial charge is 0.410 e. The third kappa shape index (κ3) is 6.01. The van der Waals surface area contributed by atoms with Gasteiger partial charge in [-0.1, -0.05) is 24.3 Å². The number of amides is 2. The lowest BCUT2D eigenvalue weighted by molar-refractivity contribution is -0.0113. The standard InChI is InChI=1S/C28H31N3O5/c1-28(2,3)36-27(35)31-17-21-14-22(32)11-10-18(21)15-24(31)25(33)16-30-26(34)20-8-6-7-19(13-20)23-9-4-5-12-29-23/h4-14,24-25,32-33H,15-17H2,1-3H3,(H,30,34)/t24?,25-/m1/s1. The van der Waals surface area contributed by atoms with E-state index in [1.807, 2.05) is 24.3 Å². The number of rotatable bonds is 5. The first kappa shape index (κ1) is 25.2. The summed E-state index contributed by atoms with van der Waals surface area (Å²) in [5.74, 6) is -0.228. The van der Waals surface area contributed by atoms with Crippen LogP contribution >= 0.6 is 0 Å². The molecule has 0 spiro atoms. The number of aromatic nitrogens is 1. The summed E-state index contributed by atoms with van der Waals surface area (Å²) in [6.45, 7) is 5.46. The first-order valence-electron chi connectivity index (χ1n) is 11.9. The molecule has 1 unspecified atom stereocenters. The first-order valence-corrected chi connectivity index (χ1v) is 11.9. The molecule has 188 valence electrons. The lowest BCUT2D eigenvalue weighted by Gasteiger charge is -2.40. The Labute approximate surface area is 210 Å². The minimum Gasteiger partial charge on any atom is -0.508 e. The van der Waals surface area contributed by atoms with Crippen LogP contribution in [0.5, 0.6) is 5.75 Å². The molecule has 0 bridgehead atoms. The number of phenols is 1. The molecule has 2 aromatic carbocycles. The van der Waals surface area contributed by atoms with Gasteiger partial charge in [0.15, 0.2) is 0 Å². The molecule has 1 aliphatic heterocycles. The van der Waals surface area contributed by atoms with Gasteiger partial charge in [-0.3, -0.25) is 14.7 Å². The van der Waals surface area contributed by atoms with E-state index in [0.717, 1.165) is 22.4 Å². The zero-order valence-corrected chi connectivity index (χ0v) is 20.6. The number of nitrogens with zero attached hydrogens (tertiary/aromatic N) is 2. The lowest BCUT2D eigenvalue weighted by Crippen LogP contribution is -2.54. The number of nitrogens with one attached hydrogen (secondary N) is 1. The Kier molecular flexibility index (Phi) is 7.26. The minimum absolute atomic E-state index is 0.0516. The maximum atomic E-state index is 13.0. The number of aromatic hydroxyl groups is 1. The number of pyridine rings is 1. The van der Waals surface area contributed by atoms with Crippen molar-refractivity contribution in [3.63, 3.8) is 0 Å². The number of aliphatic hydroxyl groups excluding tert-OH is 1. The predicted octanol–water partition coefficient (Wildman–Crippen LogP) is 3.91. The zero-order chi connectivity index (χ0) is 25.9.